The normalized spacial score (nSPS) is 15.2. The van der Waals surface area contributed by atoms with Crippen molar-refractivity contribution in [3.8, 4) is 0 Å². The molecule has 2 aromatic heterocycles. The number of rotatable bonds is 3. The monoisotopic (exact) mass is 305 g/mol. The van der Waals surface area contributed by atoms with E-state index in [9.17, 15) is 4.79 Å². The van der Waals surface area contributed by atoms with E-state index in [4.69, 9.17) is 0 Å². The summed E-state index contributed by atoms with van der Waals surface area (Å²) in [4.78, 5) is 21.8. The summed E-state index contributed by atoms with van der Waals surface area (Å²) in [6, 6.07) is 0. The summed E-state index contributed by atoms with van der Waals surface area (Å²) >= 11 is 1.47. The molecule has 3 rings (SSSR count). The van der Waals surface area contributed by atoms with Gasteiger partial charge < -0.3 is 4.98 Å². The maximum Gasteiger partial charge on any atom is 0.256 e. The number of aromatic nitrogens is 4. The maximum absolute atomic E-state index is 12.2. The van der Waals surface area contributed by atoms with Gasteiger partial charge in [-0.15, -0.1) is 0 Å². The van der Waals surface area contributed by atoms with Gasteiger partial charge >= 0.3 is 0 Å². The highest BCUT2D eigenvalue weighted by molar-refractivity contribution is 7.98. The van der Waals surface area contributed by atoms with Crippen LogP contribution in [0.4, 0.5) is 0 Å². The molecule has 0 aromatic carbocycles. The van der Waals surface area contributed by atoms with Crippen molar-refractivity contribution in [3.63, 3.8) is 0 Å². The first-order chi connectivity index (χ1) is 10.1. The predicted octanol–water partition coefficient (Wildman–Crippen LogP) is 1.39. The molecule has 1 aliphatic rings. The first-order valence-corrected chi connectivity index (χ1v) is 8.20. The molecule has 0 radical (unpaired) electrons. The summed E-state index contributed by atoms with van der Waals surface area (Å²) in [6.07, 6.45) is 2.74. The number of H-pyrrole nitrogens is 2. The molecule has 0 bridgehead atoms. The van der Waals surface area contributed by atoms with E-state index in [0.717, 1.165) is 42.2 Å². The summed E-state index contributed by atoms with van der Waals surface area (Å²) < 4.78 is 0. The first-order valence-electron chi connectivity index (χ1n) is 6.97. The lowest BCUT2D eigenvalue weighted by Crippen LogP contribution is -2.35. The average Bonchev–Trinajstić information content (AvgIpc) is 2.79. The smallest absolute Gasteiger partial charge is 0.256 e. The number of aromatic amines is 2. The highest BCUT2D eigenvalue weighted by Gasteiger charge is 2.22. The van der Waals surface area contributed by atoms with Crippen molar-refractivity contribution in [2.45, 2.75) is 38.5 Å². The summed E-state index contributed by atoms with van der Waals surface area (Å²) in [6.45, 7) is 6.43. The Morgan fingerprint density at radius 2 is 2.19 bits per heavy atom. The van der Waals surface area contributed by atoms with Gasteiger partial charge in [0.05, 0.1) is 17.0 Å². The minimum absolute atomic E-state index is 0.00492. The molecule has 1 aliphatic heterocycles. The number of aryl methyl sites for hydroxylation is 2. The molecule has 7 heteroatoms. The number of nitrogens with one attached hydrogen (secondary N) is 2. The molecule has 0 amide bonds. The van der Waals surface area contributed by atoms with Gasteiger partial charge in [0, 0.05) is 37.3 Å². The fourth-order valence-corrected chi connectivity index (χ4v) is 3.12. The van der Waals surface area contributed by atoms with Gasteiger partial charge in [-0.25, -0.2) is 4.98 Å². The van der Waals surface area contributed by atoms with E-state index in [1.54, 1.807) is 0 Å². The van der Waals surface area contributed by atoms with Gasteiger partial charge in [-0.2, -0.15) is 5.10 Å². The Kier molecular flexibility index (Phi) is 3.86. The van der Waals surface area contributed by atoms with Crippen LogP contribution in [-0.4, -0.2) is 37.9 Å². The lowest BCUT2D eigenvalue weighted by Gasteiger charge is -2.27. The number of nitrogens with zero attached hydrogens (tertiary/aromatic N) is 3. The lowest BCUT2D eigenvalue weighted by atomic mass is 10.1. The molecule has 6 nitrogen and oxygen atoms in total. The molecule has 0 spiro atoms. The zero-order valence-corrected chi connectivity index (χ0v) is 13.3. The molecule has 0 saturated carbocycles. The summed E-state index contributed by atoms with van der Waals surface area (Å²) in [5, 5.41) is 7.95. The van der Waals surface area contributed by atoms with Crippen molar-refractivity contribution in [1.82, 2.24) is 25.1 Å². The molecule has 2 N–H and O–H groups in total. The third-order valence-electron chi connectivity index (χ3n) is 3.98. The zero-order chi connectivity index (χ0) is 15.0. The summed E-state index contributed by atoms with van der Waals surface area (Å²) in [5.74, 6) is 0. The van der Waals surface area contributed by atoms with Crippen LogP contribution in [0.15, 0.2) is 9.95 Å². The van der Waals surface area contributed by atoms with E-state index in [1.165, 1.54) is 17.3 Å². The highest BCUT2D eigenvalue weighted by atomic mass is 32.2. The largest absolute Gasteiger partial charge is 0.301 e. The molecule has 0 atom stereocenters. The van der Waals surface area contributed by atoms with Gasteiger partial charge in [0.15, 0.2) is 5.16 Å². The van der Waals surface area contributed by atoms with Gasteiger partial charge in [0.25, 0.3) is 5.56 Å². The van der Waals surface area contributed by atoms with E-state index >= 15 is 0 Å². The van der Waals surface area contributed by atoms with Crippen molar-refractivity contribution in [1.29, 1.82) is 0 Å². The Labute approximate surface area is 127 Å². The molecule has 0 aliphatic carbocycles. The summed E-state index contributed by atoms with van der Waals surface area (Å²) in [7, 11) is 0. The Bertz CT molecular complexity index is 701. The summed E-state index contributed by atoms with van der Waals surface area (Å²) in [5.41, 5.74) is 5.10. The van der Waals surface area contributed by atoms with Crippen LogP contribution < -0.4 is 5.56 Å². The van der Waals surface area contributed by atoms with Gasteiger partial charge in [-0.05, 0) is 20.1 Å². The highest BCUT2D eigenvalue weighted by Crippen LogP contribution is 2.20. The number of fused-ring (bicyclic) bond motifs is 1. The fourth-order valence-electron chi connectivity index (χ4n) is 2.72. The Morgan fingerprint density at radius 3 is 2.86 bits per heavy atom. The van der Waals surface area contributed by atoms with Crippen molar-refractivity contribution < 1.29 is 0 Å². The van der Waals surface area contributed by atoms with E-state index in [-0.39, 0.29) is 5.56 Å². The van der Waals surface area contributed by atoms with Crippen molar-refractivity contribution in [3.05, 3.63) is 38.6 Å². The third kappa shape index (κ3) is 2.75. The minimum Gasteiger partial charge on any atom is -0.301 e. The number of hydrogen-bond donors (Lipinski definition) is 2. The minimum atomic E-state index is -0.00492. The maximum atomic E-state index is 12.2. The van der Waals surface area contributed by atoms with Crippen molar-refractivity contribution >= 4 is 11.8 Å². The van der Waals surface area contributed by atoms with Crippen LogP contribution in [0.2, 0.25) is 0 Å². The van der Waals surface area contributed by atoms with E-state index in [1.807, 2.05) is 20.1 Å². The standard InChI is InChI=1S/C14H19N5OS/c1-8-10(9(2)18-17-8)6-19-5-4-12-11(7-19)13(20)16-14(15-12)21-3/h4-7H2,1-3H3,(H,17,18)(H,15,16,20). The second-order valence-corrected chi connectivity index (χ2v) is 6.17. The third-order valence-corrected chi connectivity index (χ3v) is 4.56. The number of hydrogen-bond acceptors (Lipinski definition) is 5. The van der Waals surface area contributed by atoms with Crippen LogP contribution in [0.1, 0.15) is 28.2 Å². The molecule has 2 aromatic rings. The second kappa shape index (κ2) is 5.65. The topological polar surface area (TPSA) is 77.7 Å². The van der Waals surface area contributed by atoms with Crippen LogP contribution in [0.25, 0.3) is 0 Å². The van der Waals surface area contributed by atoms with Crippen LogP contribution in [0.5, 0.6) is 0 Å². The van der Waals surface area contributed by atoms with Gasteiger partial charge in [-0.3, -0.25) is 14.8 Å². The van der Waals surface area contributed by atoms with Crippen LogP contribution in [0, 0.1) is 13.8 Å². The van der Waals surface area contributed by atoms with E-state index < -0.39 is 0 Å². The number of thioether (sulfide) groups is 1. The molecule has 0 unspecified atom stereocenters. The molecule has 112 valence electrons. The molecule has 3 heterocycles. The van der Waals surface area contributed by atoms with Crippen LogP contribution in [0.3, 0.4) is 0 Å². The molecule has 21 heavy (non-hydrogen) atoms. The fraction of sp³-hybridized carbons (Fsp3) is 0.500. The van der Waals surface area contributed by atoms with Crippen LogP contribution in [-0.2, 0) is 19.5 Å². The lowest BCUT2D eigenvalue weighted by molar-refractivity contribution is 0.240. The average molecular weight is 305 g/mol. The van der Waals surface area contributed by atoms with Gasteiger partial charge in [-0.1, -0.05) is 11.8 Å². The van der Waals surface area contributed by atoms with Gasteiger partial charge in [0.2, 0.25) is 0 Å². The quantitative estimate of drug-likeness (QED) is 0.662. The predicted molar refractivity (Wildman–Crippen MR) is 82.5 cm³/mol. The Hall–Kier alpha value is -1.60. The molecule has 0 fully saturated rings. The molecular weight excluding hydrogens is 286 g/mol. The molecule has 0 saturated heterocycles. The second-order valence-electron chi connectivity index (χ2n) is 5.37. The van der Waals surface area contributed by atoms with Crippen molar-refractivity contribution in [2.75, 3.05) is 12.8 Å². The zero-order valence-electron chi connectivity index (χ0n) is 12.5. The van der Waals surface area contributed by atoms with E-state index in [0.29, 0.717) is 11.7 Å². The Morgan fingerprint density at radius 1 is 1.38 bits per heavy atom. The molecular formula is C14H19N5OS. The van der Waals surface area contributed by atoms with E-state index in [2.05, 4.69) is 25.1 Å². The first kappa shape index (κ1) is 14.3. The van der Waals surface area contributed by atoms with Crippen molar-refractivity contribution in [2.24, 2.45) is 0 Å². The van der Waals surface area contributed by atoms with Crippen LogP contribution >= 0.6 is 11.8 Å². The Balaban J connectivity index is 1.83. The van der Waals surface area contributed by atoms with Gasteiger partial charge in [0.1, 0.15) is 0 Å². The SMILES string of the molecule is CSc1nc2c(c(=O)[nH]1)CN(Cc1c(C)n[nH]c1C)CC2.